The molecule has 1 aromatic rings. The van der Waals surface area contributed by atoms with Gasteiger partial charge in [0.25, 0.3) is 0 Å². The molecule has 1 aromatic carbocycles. The molecule has 0 heterocycles. The Labute approximate surface area is 133 Å². The highest BCUT2D eigenvalue weighted by Crippen LogP contribution is 2.31. The first kappa shape index (κ1) is 17.7. The van der Waals surface area contributed by atoms with Crippen molar-refractivity contribution in [1.29, 1.82) is 15.8 Å². The molecule has 116 valence electrons. The number of rotatable bonds is 4. The summed E-state index contributed by atoms with van der Waals surface area (Å²) in [6, 6.07) is 7.99. The summed E-state index contributed by atoms with van der Waals surface area (Å²) >= 11 is 0. The number of nitriles is 3. The van der Waals surface area contributed by atoms with E-state index in [4.69, 9.17) is 15.3 Å². The zero-order chi connectivity index (χ0) is 17.6. The molecular formula is C16H13N3O4. The lowest BCUT2D eigenvalue weighted by atomic mass is 9.83. The molecule has 0 aliphatic carbocycles. The second-order valence-corrected chi connectivity index (χ2v) is 4.63. The normalized spacial score (nSPS) is 12.0. The first-order valence-corrected chi connectivity index (χ1v) is 6.49. The first-order chi connectivity index (χ1) is 10.9. The van der Waals surface area contributed by atoms with Crippen molar-refractivity contribution in [2.75, 3.05) is 14.2 Å². The molecule has 7 heteroatoms. The van der Waals surface area contributed by atoms with Gasteiger partial charge in [-0.15, -0.1) is 0 Å². The van der Waals surface area contributed by atoms with E-state index in [2.05, 4.69) is 4.74 Å². The summed E-state index contributed by atoms with van der Waals surface area (Å²) in [5, 5.41) is 27.4. The van der Waals surface area contributed by atoms with E-state index in [9.17, 15) is 14.9 Å². The molecule has 1 rings (SSSR count). The number of nitrogens with zero attached hydrogens (tertiary/aromatic N) is 3. The minimum atomic E-state index is -1.12. The van der Waals surface area contributed by atoms with E-state index in [1.165, 1.54) is 26.2 Å². The Morgan fingerprint density at radius 3 is 1.83 bits per heavy atom. The van der Waals surface area contributed by atoms with Crippen LogP contribution in [-0.4, -0.2) is 26.2 Å². The Morgan fingerprint density at radius 1 is 0.913 bits per heavy atom. The predicted molar refractivity (Wildman–Crippen MR) is 76.5 cm³/mol. The van der Waals surface area contributed by atoms with Crippen LogP contribution in [0, 0.1) is 39.9 Å². The monoisotopic (exact) mass is 311 g/mol. The number of carbonyl (C=O) groups excluding carboxylic acids is 2. The Hall–Kier alpha value is -3.37. The quantitative estimate of drug-likeness (QED) is 0.769. The smallest absolute Gasteiger partial charge is 0.314 e. The third-order valence-electron chi connectivity index (χ3n) is 3.41. The van der Waals surface area contributed by atoms with Crippen molar-refractivity contribution in [3.05, 3.63) is 34.4 Å². The van der Waals surface area contributed by atoms with Crippen LogP contribution >= 0.6 is 0 Å². The molecular weight excluding hydrogens is 298 g/mol. The van der Waals surface area contributed by atoms with Gasteiger partial charge in [-0.1, -0.05) is 6.92 Å². The lowest BCUT2D eigenvalue weighted by molar-refractivity contribution is -0.153. The van der Waals surface area contributed by atoms with Crippen molar-refractivity contribution in [3.8, 4) is 18.2 Å². The van der Waals surface area contributed by atoms with E-state index in [1.807, 2.05) is 18.2 Å². The van der Waals surface area contributed by atoms with E-state index in [0.29, 0.717) is 0 Å². The van der Waals surface area contributed by atoms with Crippen LogP contribution in [0.5, 0.6) is 0 Å². The zero-order valence-corrected chi connectivity index (χ0v) is 12.8. The summed E-state index contributed by atoms with van der Waals surface area (Å²) < 4.78 is 9.35. The molecule has 0 bridgehead atoms. The largest absolute Gasteiger partial charge is 0.469 e. The maximum atomic E-state index is 12.1. The Morgan fingerprint density at radius 2 is 1.39 bits per heavy atom. The molecule has 7 nitrogen and oxygen atoms in total. The fourth-order valence-electron chi connectivity index (χ4n) is 2.20. The SMILES string of the molecule is COC(=O)[C@H](c1cc(C#N)c(C#N)cc1C#N)[C@@H](C)C(=O)OC. The van der Waals surface area contributed by atoms with Gasteiger partial charge in [0.2, 0.25) is 0 Å². The molecule has 0 radical (unpaired) electrons. The number of carbonyl (C=O) groups is 2. The second-order valence-electron chi connectivity index (χ2n) is 4.63. The number of ether oxygens (including phenoxy) is 2. The van der Waals surface area contributed by atoms with Crippen LogP contribution in [0.25, 0.3) is 0 Å². The van der Waals surface area contributed by atoms with Crippen molar-refractivity contribution in [3.63, 3.8) is 0 Å². The fraction of sp³-hybridized carbons (Fsp3) is 0.312. The average Bonchev–Trinajstić information content (AvgIpc) is 2.59. The molecule has 0 N–H and O–H groups in total. The molecule has 0 fully saturated rings. The topological polar surface area (TPSA) is 124 Å². The minimum absolute atomic E-state index is 0.00692. The van der Waals surface area contributed by atoms with Crippen molar-refractivity contribution in [2.24, 2.45) is 5.92 Å². The van der Waals surface area contributed by atoms with Crippen LogP contribution in [0.15, 0.2) is 12.1 Å². The summed E-state index contributed by atoms with van der Waals surface area (Å²) in [7, 11) is 2.33. The molecule has 0 aliphatic rings. The molecule has 0 aromatic heterocycles. The van der Waals surface area contributed by atoms with Crippen molar-refractivity contribution >= 4 is 11.9 Å². The third kappa shape index (κ3) is 3.45. The Balaban J connectivity index is 3.63. The van der Waals surface area contributed by atoms with Gasteiger partial charge >= 0.3 is 11.9 Å². The number of methoxy groups -OCH3 is 2. The number of esters is 2. The van der Waals surface area contributed by atoms with Crippen molar-refractivity contribution in [1.82, 2.24) is 0 Å². The van der Waals surface area contributed by atoms with Crippen LogP contribution in [0.1, 0.15) is 35.1 Å². The van der Waals surface area contributed by atoms with Crippen LogP contribution in [0.2, 0.25) is 0 Å². The van der Waals surface area contributed by atoms with Crippen LogP contribution < -0.4 is 0 Å². The highest BCUT2D eigenvalue weighted by atomic mass is 16.5. The van der Waals surface area contributed by atoms with E-state index >= 15 is 0 Å². The standard InChI is InChI=1S/C16H13N3O4/c1-9(15(20)22-2)14(16(21)23-3)13-5-11(7-18)10(6-17)4-12(13)8-19/h4-5,9,14H,1-3H3/t9-,14+/m1/s1. The minimum Gasteiger partial charge on any atom is -0.469 e. The molecule has 0 amide bonds. The molecule has 0 saturated heterocycles. The van der Waals surface area contributed by atoms with Gasteiger partial charge in [0, 0.05) is 0 Å². The van der Waals surface area contributed by atoms with E-state index in [1.54, 1.807) is 0 Å². The number of hydrogen-bond acceptors (Lipinski definition) is 7. The van der Waals surface area contributed by atoms with Gasteiger partial charge in [0.15, 0.2) is 0 Å². The van der Waals surface area contributed by atoms with Gasteiger partial charge in [0.05, 0.1) is 48.8 Å². The van der Waals surface area contributed by atoms with Gasteiger partial charge in [0.1, 0.15) is 12.1 Å². The number of benzene rings is 1. The molecule has 23 heavy (non-hydrogen) atoms. The van der Waals surface area contributed by atoms with E-state index < -0.39 is 23.8 Å². The zero-order valence-electron chi connectivity index (χ0n) is 12.8. The summed E-state index contributed by atoms with van der Waals surface area (Å²) in [6.07, 6.45) is 0. The molecule has 0 saturated carbocycles. The lowest BCUT2D eigenvalue weighted by Crippen LogP contribution is -2.28. The predicted octanol–water partition coefficient (Wildman–Crippen LogP) is 1.37. The first-order valence-electron chi connectivity index (χ1n) is 6.49. The third-order valence-corrected chi connectivity index (χ3v) is 3.41. The maximum absolute atomic E-state index is 12.1. The Kier molecular flexibility index (Phi) is 5.83. The molecule has 0 unspecified atom stereocenters. The second kappa shape index (κ2) is 7.59. The maximum Gasteiger partial charge on any atom is 0.314 e. The van der Waals surface area contributed by atoms with Gasteiger partial charge in [-0.25, -0.2) is 0 Å². The van der Waals surface area contributed by atoms with Crippen molar-refractivity contribution < 1.29 is 19.1 Å². The summed E-state index contributed by atoms with van der Waals surface area (Å²) in [5.41, 5.74) is 0.189. The molecule has 0 aliphatic heterocycles. The fourth-order valence-corrected chi connectivity index (χ4v) is 2.20. The van der Waals surface area contributed by atoms with Crippen molar-refractivity contribution in [2.45, 2.75) is 12.8 Å². The summed E-state index contributed by atoms with van der Waals surface area (Å²) in [5.74, 6) is -3.46. The van der Waals surface area contributed by atoms with E-state index in [-0.39, 0.29) is 22.3 Å². The summed E-state index contributed by atoms with van der Waals surface area (Å²) in [6.45, 7) is 1.46. The number of hydrogen-bond donors (Lipinski definition) is 0. The average molecular weight is 311 g/mol. The summed E-state index contributed by atoms with van der Waals surface area (Å²) in [4.78, 5) is 23.9. The van der Waals surface area contributed by atoms with E-state index in [0.717, 1.165) is 7.11 Å². The van der Waals surface area contributed by atoms with Gasteiger partial charge in [-0.2, -0.15) is 15.8 Å². The van der Waals surface area contributed by atoms with Gasteiger partial charge in [-0.05, 0) is 17.7 Å². The Bertz CT molecular complexity index is 765. The highest BCUT2D eigenvalue weighted by molar-refractivity contribution is 5.87. The van der Waals surface area contributed by atoms with Crippen LogP contribution in [-0.2, 0) is 19.1 Å². The highest BCUT2D eigenvalue weighted by Gasteiger charge is 2.35. The lowest BCUT2D eigenvalue weighted by Gasteiger charge is -2.21. The van der Waals surface area contributed by atoms with Gasteiger partial charge < -0.3 is 9.47 Å². The van der Waals surface area contributed by atoms with Crippen LogP contribution in [0.4, 0.5) is 0 Å². The van der Waals surface area contributed by atoms with Crippen LogP contribution in [0.3, 0.4) is 0 Å². The molecule has 0 spiro atoms. The van der Waals surface area contributed by atoms with Gasteiger partial charge in [-0.3, -0.25) is 9.59 Å². The molecule has 2 atom stereocenters.